The largest absolute Gasteiger partial charge is 0.484 e. The van der Waals surface area contributed by atoms with Crippen molar-refractivity contribution < 1.29 is 14.1 Å². The molecule has 7 nitrogen and oxygen atoms in total. The van der Waals surface area contributed by atoms with Gasteiger partial charge in [0.2, 0.25) is 0 Å². The van der Waals surface area contributed by atoms with Gasteiger partial charge in [-0.15, -0.1) is 0 Å². The highest BCUT2D eigenvalue weighted by atomic mass is 16.5. The first-order chi connectivity index (χ1) is 15.0. The van der Waals surface area contributed by atoms with Crippen molar-refractivity contribution in [2.75, 3.05) is 11.9 Å². The van der Waals surface area contributed by atoms with Crippen LogP contribution in [0.25, 0.3) is 0 Å². The second kappa shape index (κ2) is 9.20. The molecule has 1 aliphatic heterocycles. The van der Waals surface area contributed by atoms with E-state index in [1.165, 1.54) is 11.1 Å². The van der Waals surface area contributed by atoms with E-state index >= 15 is 0 Å². The maximum absolute atomic E-state index is 13.0. The number of hydrogen-bond donors (Lipinski definition) is 1. The Balaban J connectivity index is 1.42. The molecule has 0 saturated carbocycles. The molecule has 2 aromatic carbocycles. The van der Waals surface area contributed by atoms with Crippen LogP contribution in [0.15, 0.2) is 47.0 Å². The number of anilines is 1. The maximum Gasteiger partial charge on any atom is 0.322 e. The molecular weight excluding hydrogens is 392 g/mol. The predicted octanol–water partition coefficient (Wildman–Crippen LogP) is 5.33. The van der Waals surface area contributed by atoms with E-state index in [1.807, 2.05) is 56.3 Å². The van der Waals surface area contributed by atoms with Gasteiger partial charge in [0.05, 0.1) is 6.04 Å². The molecule has 0 spiro atoms. The van der Waals surface area contributed by atoms with Crippen LogP contribution in [-0.2, 0) is 6.61 Å². The van der Waals surface area contributed by atoms with Crippen LogP contribution in [0, 0.1) is 20.8 Å². The third-order valence-electron chi connectivity index (χ3n) is 5.69. The number of amides is 2. The number of aromatic nitrogens is 2. The number of nitrogens with one attached hydrogen (secondary N) is 1. The number of carbonyl (C=O) groups excluding carboxylic acids is 1. The van der Waals surface area contributed by atoms with Crippen LogP contribution in [0.5, 0.6) is 5.75 Å². The van der Waals surface area contributed by atoms with Gasteiger partial charge in [0.15, 0.2) is 12.4 Å². The Morgan fingerprint density at radius 1 is 1.13 bits per heavy atom. The number of ether oxygens (including phenoxy) is 1. The minimum absolute atomic E-state index is 0.143. The number of hydrogen-bond acceptors (Lipinski definition) is 5. The van der Waals surface area contributed by atoms with E-state index in [0.29, 0.717) is 18.3 Å². The van der Waals surface area contributed by atoms with Crippen molar-refractivity contribution in [2.24, 2.45) is 0 Å². The fourth-order valence-electron chi connectivity index (χ4n) is 3.70. The van der Waals surface area contributed by atoms with Crippen LogP contribution < -0.4 is 10.1 Å². The molecule has 0 aliphatic carbocycles. The minimum atomic E-state index is -0.211. The summed E-state index contributed by atoms with van der Waals surface area (Å²) in [4.78, 5) is 19.3. The topological polar surface area (TPSA) is 80.5 Å². The Hall–Kier alpha value is -3.35. The van der Waals surface area contributed by atoms with Crippen molar-refractivity contribution in [3.63, 3.8) is 0 Å². The third kappa shape index (κ3) is 5.05. The number of aryl methyl sites for hydroxylation is 3. The number of likely N-dealkylation sites (tertiary alicyclic amines) is 1. The zero-order chi connectivity index (χ0) is 21.8. The van der Waals surface area contributed by atoms with Gasteiger partial charge in [-0.2, -0.15) is 4.98 Å². The first-order valence-electron chi connectivity index (χ1n) is 10.7. The molecule has 0 bridgehead atoms. The van der Waals surface area contributed by atoms with E-state index in [0.717, 1.165) is 36.3 Å². The monoisotopic (exact) mass is 420 g/mol. The molecule has 4 rings (SSSR count). The van der Waals surface area contributed by atoms with E-state index in [-0.39, 0.29) is 18.7 Å². The predicted molar refractivity (Wildman–Crippen MR) is 118 cm³/mol. The Morgan fingerprint density at radius 2 is 1.94 bits per heavy atom. The van der Waals surface area contributed by atoms with Crippen LogP contribution >= 0.6 is 0 Å². The number of piperidine rings is 1. The maximum atomic E-state index is 13.0. The summed E-state index contributed by atoms with van der Waals surface area (Å²) in [5, 5.41) is 7.16. The summed E-state index contributed by atoms with van der Waals surface area (Å²) < 4.78 is 11.1. The molecule has 1 atom stereocenters. The summed E-state index contributed by atoms with van der Waals surface area (Å²) in [7, 11) is 0. The molecule has 1 aliphatic rings. The van der Waals surface area contributed by atoms with Gasteiger partial charge in [0.1, 0.15) is 5.75 Å². The molecule has 1 N–H and O–H groups in total. The molecule has 31 heavy (non-hydrogen) atoms. The molecule has 1 unspecified atom stereocenters. The highest BCUT2D eigenvalue weighted by Gasteiger charge is 2.31. The molecule has 162 valence electrons. The zero-order valence-electron chi connectivity index (χ0n) is 18.2. The molecule has 7 heteroatoms. The van der Waals surface area contributed by atoms with Crippen molar-refractivity contribution in [3.8, 4) is 5.75 Å². The number of benzene rings is 2. The number of nitrogens with zero attached hydrogens (tertiary/aromatic N) is 3. The minimum Gasteiger partial charge on any atom is -0.484 e. The summed E-state index contributed by atoms with van der Waals surface area (Å²) in [6.07, 6.45) is 2.78. The Morgan fingerprint density at radius 3 is 2.71 bits per heavy atom. The average molecular weight is 421 g/mol. The van der Waals surface area contributed by atoms with E-state index < -0.39 is 0 Å². The molecule has 2 amide bonds. The van der Waals surface area contributed by atoms with E-state index in [1.54, 1.807) is 4.90 Å². The normalized spacial score (nSPS) is 16.2. The Labute approximate surface area is 182 Å². The molecule has 1 aromatic heterocycles. The fraction of sp³-hybridized carbons (Fsp3) is 0.375. The summed E-state index contributed by atoms with van der Waals surface area (Å²) in [5.74, 6) is 1.67. The van der Waals surface area contributed by atoms with Gasteiger partial charge in [0.25, 0.3) is 5.89 Å². The van der Waals surface area contributed by atoms with Crippen LogP contribution in [-0.4, -0.2) is 27.6 Å². The number of urea groups is 1. The van der Waals surface area contributed by atoms with Crippen LogP contribution in [0.3, 0.4) is 0 Å². The van der Waals surface area contributed by atoms with Crippen LogP contribution in [0.1, 0.15) is 53.7 Å². The molecular formula is C24H28N4O3. The summed E-state index contributed by atoms with van der Waals surface area (Å²) in [5.41, 5.74) is 4.30. The van der Waals surface area contributed by atoms with Gasteiger partial charge < -0.3 is 19.5 Å². The quantitative estimate of drug-likeness (QED) is 0.603. The van der Waals surface area contributed by atoms with E-state index in [2.05, 4.69) is 22.4 Å². The van der Waals surface area contributed by atoms with Crippen molar-refractivity contribution in [2.45, 2.75) is 52.7 Å². The van der Waals surface area contributed by atoms with Crippen molar-refractivity contribution >= 4 is 11.7 Å². The first-order valence-corrected chi connectivity index (χ1v) is 10.7. The average Bonchev–Trinajstić information content (AvgIpc) is 3.25. The summed E-state index contributed by atoms with van der Waals surface area (Å²) in [6.45, 7) is 6.97. The number of carbonyl (C=O) groups is 1. The molecule has 2 heterocycles. The lowest BCUT2D eigenvalue weighted by Gasteiger charge is -2.33. The fourth-order valence-corrected chi connectivity index (χ4v) is 3.70. The van der Waals surface area contributed by atoms with E-state index in [4.69, 9.17) is 9.26 Å². The summed E-state index contributed by atoms with van der Waals surface area (Å²) in [6, 6.07) is 13.4. The van der Waals surface area contributed by atoms with Gasteiger partial charge in [0, 0.05) is 12.2 Å². The lowest BCUT2D eigenvalue weighted by molar-refractivity contribution is 0.157. The smallest absolute Gasteiger partial charge is 0.322 e. The molecule has 0 radical (unpaired) electrons. The first kappa shape index (κ1) is 20.9. The SMILES string of the molecule is Cc1ccc(OCc2nc(C3CCCCN3C(=O)Nc3ccc(C)c(C)c3)no2)cc1. The van der Waals surface area contributed by atoms with Gasteiger partial charge in [-0.3, -0.25) is 0 Å². The third-order valence-corrected chi connectivity index (χ3v) is 5.69. The lowest BCUT2D eigenvalue weighted by atomic mass is 10.0. The second-order valence-electron chi connectivity index (χ2n) is 8.08. The lowest BCUT2D eigenvalue weighted by Crippen LogP contribution is -2.41. The van der Waals surface area contributed by atoms with Crippen LogP contribution in [0.2, 0.25) is 0 Å². The van der Waals surface area contributed by atoms with Crippen molar-refractivity contribution in [1.29, 1.82) is 0 Å². The number of rotatable bonds is 5. The van der Waals surface area contributed by atoms with Gasteiger partial charge in [-0.05, 0) is 75.4 Å². The van der Waals surface area contributed by atoms with Crippen molar-refractivity contribution in [3.05, 3.63) is 70.9 Å². The molecule has 3 aromatic rings. The highest BCUT2D eigenvalue weighted by molar-refractivity contribution is 5.89. The highest BCUT2D eigenvalue weighted by Crippen LogP contribution is 2.30. The van der Waals surface area contributed by atoms with E-state index in [9.17, 15) is 4.79 Å². The standard InChI is InChI=1S/C24H28N4O3/c1-16-7-11-20(12-8-16)30-15-22-26-23(27-31-22)21-6-4-5-13-28(21)24(29)25-19-10-9-17(2)18(3)14-19/h7-12,14,21H,4-6,13,15H2,1-3H3,(H,25,29). The molecule has 1 fully saturated rings. The van der Waals surface area contributed by atoms with Gasteiger partial charge >= 0.3 is 6.03 Å². The Bertz CT molecular complexity index is 1050. The van der Waals surface area contributed by atoms with Crippen molar-refractivity contribution in [1.82, 2.24) is 15.0 Å². The molecule has 1 saturated heterocycles. The summed E-state index contributed by atoms with van der Waals surface area (Å²) >= 11 is 0. The second-order valence-corrected chi connectivity index (χ2v) is 8.08. The van der Waals surface area contributed by atoms with Crippen LogP contribution in [0.4, 0.5) is 10.5 Å². The van der Waals surface area contributed by atoms with Gasteiger partial charge in [-0.1, -0.05) is 28.9 Å². The Kier molecular flexibility index (Phi) is 6.21. The zero-order valence-corrected chi connectivity index (χ0v) is 18.2. The van der Waals surface area contributed by atoms with Gasteiger partial charge in [-0.25, -0.2) is 4.79 Å².